The average Bonchev–Trinajstić information content (AvgIpc) is 2.38. The molecule has 2 amide bonds. The van der Waals surface area contributed by atoms with Crippen molar-refractivity contribution in [1.82, 2.24) is 10.2 Å². The molecule has 108 valence electrons. The molecule has 0 aromatic carbocycles. The zero-order chi connectivity index (χ0) is 13.8. The van der Waals surface area contributed by atoms with Gasteiger partial charge in [-0.3, -0.25) is 0 Å². The van der Waals surface area contributed by atoms with Crippen LogP contribution in [-0.4, -0.2) is 36.6 Å². The quantitative estimate of drug-likeness (QED) is 0.768. The van der Waals surface area contributed by atoms with Crippen molar-refractivity contribution in [2.24, 2.45) is 17.6 Å². The lowest BCUT2D eigenvalue weighted by Gasteiger charge is -2.34. The molecule has 1 aliphatic heterocycles. The summed E-state index contributed by atoms with van der Waals surface area (Å²) in [6.45, 7) is 7.28. The molecule has 0 unspecified atom stereocenters. The molecular weight excluding hydrogens is 238 g/mol. The van der Waals surface area contributed by atoms with Crippen molar-refractivity contribution >= 4 is 6.03 Å². The van der Waals surface area contributed by atoms with Crippen molar-refractivity contribution in [3.05, 3.63) is 11.6 Å². The molecule has 1 fully saturated rings. The predicted molar refractivity (Wildman–Crippen MR) is 77.8 cm³/mol. The Morgan fingerprint density at radius 1 is 1.42 bits per heavy atom. The maximum absolute atomic E-state index is 11.1. The zero-order valence-electron chi connectivity index (χ0n) is 12.2. The van der Waals surface area contributed by atoms with Gasteiger partial charge in [0.25, 0.3) is 0 Å². The van der Waals surface area contributed by atoms with Gasteiger partial charge in [0.2, 0.25) is 0 Å². The number of nitrogens with two attached hydrogens (primary N) is 1. The van der Waals surface area contributed by atoms with Crippen LogP contribution in [0.15, 0.2) is 11.6 Å². The van der Waals surface area contributed by atoms with Gasteiger partial charge in [0.05, 0.1) is 0 Å². The molecule has 2 atom stereocenters. The molecule has 0 radical (unpaired) electrons. The highest BCUT2D eigenvalue weighted by molar-refractivity contribution is 5.72. The molecule has 4 heteroatoms. The van der Waals surface area contributed by atoms with Crippen LogP contribution in [0.2, 0.25) is 0 Å². The van der Waals surface area contributed by atoms with E-state index in [-0.39, 0.29) is 6.03 Å². The lowest BCUT2D eigenvalue weighted by molar-refractivity contribution is 0.183. The molecule has 1 heterocycles. The second-order valence-electron chi connectivity index (χ2n) is 6.12. The smallest absolute Gasteiger partial charge is 0.314 e. The Labute approximate surface area is 116 Å². The molecule has 2 aliphatic rings. The number of urea groups is 1. The fourth-order valence-electron chi connectivity index (χ4n) is 3.34. The molecule has 0 aromatic heterocycles. The van der Waals surface area contributed by atoms with Crippen LogP contribution < -0.4 is 11.1 Å². The minimum Gasteiger partial charge on any atom is -0.351 e. The fraction of sp³-hybridized carbons (Fsp3) is 0.800. The highest BCUT2D eigenvalue weighted by Crippen LogP contribution is 2.29. The minimum atomic E-state index is -0.280. The van der Waals surface area contributed by atoms with Gasteiger partial charge in [-0.2, -0.15) is 0 Å². The van der Waals surface area contributed by atoms with Gasteiger partial charge in [0.1, 0.15) is 0 Å². The number of hydrogen-bond acceptors (Lipinski definition) is 2. The first-order chi connectivity index (χ1) is 9.08. The predicted octanol–water partition coefficient (Wildman–Crippen LogP) is 2.11. The number of primary amides is 1. The number of likely N-dealkylation sites (tertiary alicyclic amines) is 1. The lowest BCUT2D eigenvalue weighted by Crippen LogP contribution is -2.48. The Bertz CT molecular complexity index is 345. The van der Waals surface area contributed by atoms with Crippen LogP contribution in [0.5, 0.6) is 0 Å². The Balaban J connectivity index is 1.76. The van der Waals surface area contributed by atoms with Gasteiger partial charge >= 0.3 is 6.03 Å². The van der Waals surface area contributed by atoms with Crippen molar-refractivity contribution in [3.8, 4) is 0 Å². The number of amides is 2. The number of rotatable bonds is 3. The second-order valence-corrected chi connectivity index (χ2v) is 6.12. The van der Waals surface area contributed by atoms with Crippen molar-refractivity contribution in [1.29, 1.82) is 0 Å². The van der Waals surface area contributed by atoms with Crippen LogP contribution in [0.4, 0.5) is 4.79 Å². The van der Waals surface area contributed by atoms with E-state index in [2.05, 4.69) is 25.2 Å². The molecule has 4 nitrogen and oxygen atoms in total. The maximum atomic E-state index is 11.1. The summed E-state index contributed by atoms with van der Waals surface area (Å²) in [4.78, 5) is 12.8. The third kappa shape index (κ3) is 3.72. The highest BCUT2D eigenvalue weighted by Gasteiger charge is 2.25. The van der Waals surface area contributed by atoms with E-state index in [9.17, 15) is 4.79 Å². The summed E-state index contributed by atoms with van der Waals surface area (Å²) in [5.41, 5.74) is 6.84. The molecule has 2 rings (SSSR count). The van der Waals surface area contributed by atoms with Gasteiger partial charge < -0.3 is 16.0 Å². The van der Waals surface area contributed by atoms with Crippen molar-refractivity contribution in [2.45, 2.75) is 45.6 Å². The van der Waals surface area contributed by atoms with Crippen LogP contribution >= 0.6 is 0 Å². The van der Waals surface area contributed by atoms with E-state index in [0.717, 1.165) is 38.4 Å². The van der Waals surface area contributed by atoms with E-state index >= 15 is 0 Å². The normalized spacial score (nSPS) is 29.2. The van der Waals surface area contributed by atoms with Gasteiger partial charge in [0.15, 0.2) is 0 Å². The Kier molecular flexibility index (Phi) is 4.86. The average molecular weight is 265 g/mol. The zero-order valence-corrected chi connectivity index (χ0v) is 12.2. The summed E-state index contributed by atoms with van der Waals surface area (Å²) in [7, 11) is 0. The first-order valence-corrected chi connectivity index (χ1v) is 7.52. The third-order valence-electron chi connectivity index (χ3n) is 4.79. The van der Waals surface area contributed by atoms with Gasteiger partial charge in [0, 0.05) is 25.7 Å². The number of hydrogen-bond donors (Lipinski definition) is 2. The molecule has 0 spiro atoms. The number of nitrogens with zero attached hydrogens (tertiary/aromatic N) is 1. The van der Waals surface area contributed by atoms with Gasteiger partial charge in [-0.1, -0.05) is 18.6 Å². The molecular formula is C15H27N3O. The lowest BCUT2D eigenvalue weighted by atomic mass is 9.80. The maximum Gasteiger partial charge on any atom is 0.314 e. The van der Waals surface area contributed by atoms with Crippen LogP contribution in [0, 0.1) is 11.8 Å². The van der Waals surface area contributed by atoms with Crippen LogP contribution in [0.1, 0.15) is 39.5 Å². The van der Waals surface area contributed by atoms with E-state index < -0.39 is 0 Å². The third-order valence-corrected chi connectivity index (χ3v) is 4.79. The number of allylic oxidation sites excluding steroid dienone is 1. The van der Waals surface area contributed by atoms with Crippen molar-refractivity contribution in [2.75, 3.05) is 19.6 Å². The topological polar surface area (TPSA) is 58.4 Å². The fourth-order valence-corrected chi connectivity index (χ4v) is 3.34. The molecule has 0 saturated carbocycles. The Hall–Kier alpha value is -1.03. The van der Waals surface area contributed by atoms with E-state index in [1.165, 1.54) is 12.8 Å². The van der Waals surface area contributed by atoms with Crippen LogP contribution in [0.3, 0.4) is 0 Å². The SMILES string of the molecule is CC1=CCC[C@@H](C)[C@H]1CNC1CCN(C(N)=O)CC1. The largest absolute Gasteiger partial charge is 0.351 e. The Morgan fingerprint density at radius 3 is 2.68 bits per heavy atom. The summed E-state index contributed by atoms with van der Waals surface area (Å²) in [6, 6.07) is 0.260. The highest BCUT2D eigenvalue weighted by atomic mass is 16.2. The summed E-state index contributed by atoms with van der Waals surface area (Å²) in [6.07, 6.45) is 6.98. The number of carbonyl (C=O) groups excluding carboxylic acids is 1. The minimum absolute atomic E-state index is 0.280. The molecule has 1 saturated heterocycles. The first kappa shape index (κ1) is 14.4. The second kappa shape index (κ2) is 6.42. The summed E-state index contributed by atoms with van der Waals surface area (Å²) < 4.78 is 0. The summed E-state index contributed by atoms with van der Waals surface area (Å²) >= 11 is 0. The first-order valence-electron chi connectivity index (χ1n) is 7.52. The standard InChI is InChI=1S/C15H27N3O/c1-11-4-3-5-12(2)14(11)10-17-13-6-8-18(9-7-13)15(16)19/h4,12-14,17H,3,5-10H2,1-2H3,(H2,16,19)/t12-,14+/m1/s1. The molecule has 1 aliphatic carbocycles. The van der Waals surface area contributed by atoms with Gasteiger partial charge in [-0.15, -0.1) is 0 Å². The van der Waals surface area contributed by atoms with Crippen molar-refractivity contribution < 1.29 is 4.79 Å². The van der Waals surface area contributed by atoms with Gasteiger partial charge in [-0.05, 0) is 44.4 Å². The summed E-state index contributed by atoms with van der Waals surface area (Å²) in [5.74, 6) is 1.46. The van der Waals surface area contributed by atoms with Crippen LogP contribution in [0.25, 0.3) is 0 Å². The molecule has 19 heavy (non-hydrogen) atoms. The van der Waals surface area contributed by atoms with E-state index in [1.807, 2.05) is 0 Å². The van der Waals surface area contributed by atoms with E-state index in [1.54, 1.807) is 10.5 Å². The van der Waals surface area contributed by atoms with Crippen molar-refractivity contribution in [3.63, 3.8) is 0 Å². The number of carbonyl (C=O) groups is 1. The van der Waals surface area contributed by atoms with Gasteiger partial charge in [-0.25, -0.2) is 4.79 Å². The molecule has 0 aromatic rings. The van der Waals surface area contributed by atoms with E-state index in [0.29, 0.717) is 12.0 Å². The molecule has 0 bridgehead atoms. The monoisotopic (exact) mass is 265 g/mol. The number of piperidine rings is 1. The van der Waals surface area contributed by atoms with E-state index in [4.69, 9.17) is 5.73 Å². The molecule has 3 N–H and O–H groups in total. The number of nitrogens with one attached hydrogen (secondary N) is 1. The summed E-state index contributed by atoms with van der Waals surface area (Å²) in [5, 5.41) is 3.69. The Morgan fingerprint density at radius 2 is 2.11 bits per heavy atom. The van der Waals surface area contributed by atoms with Crippen LogP contribution in [-0.2, 0) is 0 Å².